The Kier molecular flexibility index (Phi) is 4.68. The first kappa shape index (κ1) is 16.0. The van der Waals surface area contributed by atoms with Crippen molar-refractivity contribution in [3.05, 3.63) is 69.5 Å². The van der Waals surface area contributed by atoms with E-state index in [0.717, 1.165) is 15.7 Å². The molecule has 2 aromatic carbocycles. The summed E-state index contributed by atoms with van der Waals surface area (Å²) in [4.78, 5) is 4.36. The lowest BCUT2D eigenvalue weighted by Crippen LogP contribution is -2.07. The summed E-state index contributed by atoms with van der Waals surface area (Å²) in [5.41, 5.74) is 2.46. The van der Waals surface area contributed by atoms with Crippen molar-refractivity contribution in [3.63, 3.8) is 0 Å². The lowest BCUT2D eigenvalue weighted by molar-refractivity contribution is 0.612. The molecule has 0 radical (unpaired) electrons. The zero-order valence-corrected chi connectivity index (χ0v) is 14.7. The van der Waals surface area contributed by atoms with Gasteiger partial charge in [-0.15, -0.1) is 0 Å². The summed E-state index contributed by atoms with van der Waals surface area (Å²) in [6.45, 7) is 0.274. The van der Waals surface area contributed by atoms with Gasteiger partial charge in [-0.1, -0.05) is 45.7 Å². The topological polar surface area (TPSA) is 29.9 Å². The fraction of sp³-hybridized carbons (Fsp3) is 0.118. The van der Waals surface area contributed by atoms with Crippen LogP contribution in [-0.4, -0.2) is 9.55 Å². The third-order valence-corrected chi connectivity index (χ3v) is 4.50. The average molecular weight is 395 g/mol. The molecule has 0 aliphatic carbocycles. The van der Waals surface area contributed by atoms with Gasteiger partial charge in [0.05, 0.1) is 11.9 Å². The van der Waals surface area contributed by atoms with Gasteiger partial charge in [0.15, 0.2) is 0 Å². The van der Waals surface area contributed by atoms with Gasteiger partial charge in [-0.05, 0) is 29.8 Å². The number of rotatable bonds is 4. The number of benzene rings is 2. The first-order chi connectivity index (χ1) is 11.1. The summed E-state index contributed by atoms with van der Waals surface area (Å²) < 4.78 is 16.8. The van der Waals surface area contributed by atoms with E-state index in [9.17, 15) is 4.39 Å². The molecule has 0 bridgehead atoms. The molecule has 0 aliphatic rings. The summed E-state index contributed by atoms with van der Waals surface area (Å²) in [5, 5.41) is 3.53. The van der Waals surface area contributed by atoms with Crippen LogP contribution in [0.3, 0.4) is 0 Å². The Hall–Kier alpha value is -1.85. The third-order valence-electron chi connectivity index (χ3n) is 3.61. The fourth-order valence-corrected chi connectivity index (χ4v) is 2.83. The number of nitrogens with one attached hydrogen (secondary N) is 1. The van der Waals surface area contributed by atoms with Gasteiger partial charge in [-0.25, -0.2) is 9.37 Å². The number of imidazole rings is 1. The molecule has 0 saturated heterocycles. The highest BCUT2D eigenvalue weighted by molar-refractivity contribution is 9.10. The molecule has 0 unspecified atom stereocenters. The van der Waals surface area contributed by atoms with Crippen LogP contribution in [0.2, 0.25) is 5.02 Å². The maximum Gasteiger partial charge on any atom is 0.203 e. The van der Waals surface area contributed by atoms with Crippen molar-refractivity contribution < 1.29 is 4.39 Å². The molecule has 0 amide bonds. The second kappa shape index (κ2) is 6.72. The molecule has 1 aromatic heterocycles. The Morgan fingerprint density at radius 2 is 1.96 bits per heavy atom. The molecule has 0 spiro atoms. The Morgan fingerprint density at radius 3 is 2.65 bits per heavy atom. The minimum Gasteiger partial charge on any atom is -0.351 e. The van der Waals surface area contributed by atoms with Gasteiger partial charge >= 0.3 is 0 Å². The summed E-state index contributed by atoms with van der Waals surface area (Å²) in [7, 11) is 1.91. The normalized spacial score (nSPS) is 10.8. The quantitative estimate of drug-likeness (QED) is 0.654. The Bertz CT molecular complexity index is 810. The van der Waals surface area contributed by atoms with Crippen LogP contribution in [0.4, 0.5) is 10.3 Å². The van der Waals surface area contributed by atoms with E-state index in [4.69, 9.17) is 11.6 Å². The summed E-state index contributed by atoms with van der Waals surface area (Å²) in [6, 6.07) is 12.6. The molecule has 0 saturated carbocycles. The molecule has 0 fully saturated rings. The van der Waals surface area contributed by atoms with E-state index in [0.29, 0.717) is 16.5 Å². The van der Waals surface area contributed by atoms with Crippen LogP contribution in [0, 0.1) is 5.82 Å². The lowest BCUT2D eigenvalue weighted by Gasteiger charge is -2.10. The van der Waals surface area contributed by atoms with Gasteiger partial charge in [-0.3, -0.25) is 0 Å². The number of anilines is 1. The molecule has 0 aliphatic heterocycles. The van der Waals surface area contributed by atoms with Gasteiger partial charge in [0, 0.05) is 28.7 Å². The zero-order valence-electron chi connectivity index (χ0n) is 12.4. The SMILES string of the molecule is Cn1c(-c2ccc(Br)cc2)cnc1NCc1c(F)cccc1Cl. The summed E-state index contributed by atoms with van der Waals surface area (Å²) in [5.74, 6) is 0.328. The van der Waals surface area contributed by atoms with Crippen LogP contribution in [0.1, 0.15) is 5.56 Å². The molecule has 1 heterocycles. The van der Waals surface area contributed by atoms with Crippen molar-refractivity contribution in [2.24, 2.45) is 7.05 Å². The zero-order chi connectivity index (χ0) is 16.4. The van der Waals surface area contributed by atoms with Gasteiger partial charge in [-0.2, -0.15) is 0 Å². The van der Waals surface area contributed by atoms with E-state index in [1.54, 1.807) is 18.3 Å². The van der Waals surface area contributed by atoms with Gasteiger partial charge in [0.1, 0.15) is 5.82 Å². The molecule has 3 aromatic rings. The molecule has 1 N–H and O–H groups in total. The van der Waals surface area contributed by atoms with Gasteiger partial charge < -0.3 is 9.88 Å². The maximum absolute atomic E-state index is 13.8. The predicted octanol–water partition coefficient (Wildman–Crippen LogP) is 5.25. The van der Waals surface area contributed by atoms with Crippen LogP contribution in [0.25, 0.3) is 11.3 Å². The second-order valence-corrected chi connectivity index (χ2v) is 6.41. The molecule has 23 heavy (non-hydrogen) atoms. The van der Waals surface area contributed by atoms with Gasteiger partial charge in [0.2, 0.25) is 5.95 Å². The largest absolute Gasteiger partial charge is 0.351 e. The van der Waals surface area contributed by atoms with E-state index < -0.39 is 0 Å². The van der Waals surface area contributed by atoms with Crippen LogP contribution in [-0.2, 0) is 13.6 Å². The van der Waals surface area contributed by atoms with E-state index in [2.05, 4.69) is 26.2 Å². The second-order valence-electron chi connectivity index (χ2n) is 5.09. The monoisotopic (exact) mass is 393 g/mol. The summed E-state index contributed by atoms with van der Waals surface area (Å²) >= 11 is 9.46. The lowest BCUT2D eigenvalue weighted by atomic mass is 10.2. The van der Waals surface area contributed by atoms with Crippen molar-refractivity contribution in [3.8, 4) is 11.3 Å². The maximum atomic E-state index is 13.8. The minimum atomic E-state index is -0.327. The van der Waals surface area contributed by atoms with Crippen LogP contribution in [0.5, 0.6) is 0 Å². The number of halogens is 3. The standard InChI is InChI=1S/C17H14BrClFN3/c1-23-16(11-5-7-12(18)8-6-11)10-22-17(23)21-9-13-14(19)3-2-4-15(13)20/h2-8,10H,9H2,1H3,(H,21,22). The first-order valence-electron chi connectivity index (χ1n) is 7.00. The Labute approximate surface area is 147 Å². The van der Waals surface area contributed by atoms with Crippen molar-refractivity contribution in [1.29, 1.82) is 0 Å². The Morgan fingerprint density at radius 1 is 1.22 bits per heavy atom. The van der Waals surface area contributed by atoms with Crippen LogP contribution < -0.4 is 5.32 Å². The highest BCUT2D eigenvalue weighted by Gasteiger charge is 2.11. The molecule has 3 rings (SSSR count). The van der Waals surface area contributed by atoms with E-state index in [1.807, 2.05) is 35.9 Å². The number of hydrogen-bond donors (Lipinski definition) is 1. The predicted molar refractivity (Wildman–Crippen MR) is 95.1 cm³/mol. The number of nitrogens with zero attached hydrogens (tertiary/aromatic N) is 2. The first-order valence-corrected chi connectivity index (χ1v) is 8.18. The van der Waals surface area contributed by atoms with Crippen molar-refractivity contribution >= 4 is 33.5 Å². The van der Waals surface area contributed by atoms with Gasteiger partial charge in [0.25, 0.3) is 0 Å². The Balaban J connectivity index is 1.81. The number of aromatic nitrogens is 2. The van der Waals surface area contributed by atoms with Crippen molar-refractivity contribution in [2.45, 2.75) is 6.54 Å². The van der Waals surface area contributed by atoms with E-state index in [-0.39, 0.29) is 12.4 Å². The highest BCUT2D eigenvalue weighted by atomic mass is 79.9. The van der Waals surface area contributed by atoms with Crippen LogP contribution >= 0.6 is 27.5 Å². The van der Waals surface area contributed by atoms with Crippen molar-refractivity contribution in [2.75, 3.05) is 5.32 Å². The molecule has 118 valence electrons. The molecular weight excluding hydrogens is 381 g/mol. The molecular formula is C17H14BrClFN3. The molecule has 6 heteroatoms. The highest BCUT2D eigenvalue weighted by Crippen LogP contribution is 2.25. The number of hydrogen-bond acceptors (Lipinski definition) is 2. The minimum absolute atomic E-state index is 0.274. The van der Waals surface area contributed by atoms with Crippen molar-refractivity contribution in [1.82, 2.24) is 9.55 Å². The molecule has 3 nitrogen and oxygen atoms in total. The molecule has 0 atom stereocenters. The van der Waals surface area contributed by atoms with E-state index >= 15 is 0 Å². The third kappa shape index (κ3) is 3.41. The smallest absolute Gasteiger partial charge is 0.203 e. The fourth-order valence-electron chi connectivity index (χ4n) is 2.33. The average Bonchev–Trinajstić information content (AvgIpc) is 2.89. The summed E-state index contributed by atoms with van der Waals surface area (Å²) in [6.07, 6.45) is 1.79. The van der Waals surface area contributed by atoms with Crippen LogP contribution in [0.15, 0.2) is 53.1 Å². The van der Waals surface area contributed by atoms with E-state index in [1.165, 1.54) is 6.07 Å².